The molecule has 0 aromatic heterocycles. The van der Waals surface area contributed by atoms with Crippen molar-refractivity contribution in [2.24, 2.45) is 0 Å². The van der Waals surface area contributed by atoms with Gasteiger partial charge in [-0.2, -0.15) is 0 Å². The average molecular weight is 501 g/mol. The second-order valence-electron chi connectivity index (χ2n) is 8.01. The van der Waals surface area contributed by atoms with Crippen LogP contribution in [-0.2, 0) is 0 Å². The molecule has 0 saturated heterocycles. The van der Waals surface area contributed by atoms with Crippen molar-refractivity contribution in [3.63, 3.8) is 0 Å². The van der Waals surface area contributed by atoms with Crippen molar-refractivity contribution >= 4 is 40.4 Å². The Morgan fingerprint density at radius 2 is 1.03 bits per heavy atom. The fraction of sp³-hybridized carbons (Fsp3) is 0.0968. The fourth-order valence-corrected chi connectivity index (χ4v) is 4.09. The van der Waals surface area contributed by atoms with Crippen molar-refractivity contribution < 1.29 is 9.47 Å². The van der Waals surface area contributed by atoms with Crippen molar-refractivity contribution in [2.75, 3.05) is 14.2 Å². The highest BCUT2D eigenvalue weighted by Crippen LogP contribution is 2.31. The summed E-state index contributed by atoms with van der Waals surface area (Å²) < 4.78 is 10.7. The van der Waals surface area contributed by atoms with Crippen molar-refractivity contribution in [1.29, 1.82) is 0 Å². The van der Waals surface area contributed by atoms with E-state index in [1.54, 1.807) is 14.2 Å². The summed E-state index contributed by atoms with van der Waals surface area (Å²) in [6.07, 6.45) is 5.18. The van der Waals surface area contributed by atoms with Crippen molar-refractivity contribution in [2.45, 2.75) is 6.42 Å². The topological polar surface area (TPSA) is 18.5 Å². The highest BCUT2D eigenvalue weighted by atomic mass is 35.5. The Kier molecular flexibility index (Phi) is 8.31. The van der Waals surface area contributed by atoms with Crippen LogP contribution >= 0.6 is 23.2 Å². The first-order chi connectivity index (χ1) is 17.1. The maximum absolute atomic E-state index is 6.16. The van der Waals surface area contributed by atoms with Gasteiger partial charge in [-0.15, -0.1) is 0 Å². The molecular weight excluding hydrogens is 475 g/mol. The first-order valence-corrected chi connectivity index (χ1v) is 12.0. The van der Waals surface area contributed by atoms with Crippen LogP contribution in [0.3, 0.4) is 0 Å². The maximum atomic E-state index is 6.16. The Morgan fingerprint density at radius 1 is 0.600 bits per heavy atom. The van der Waals surface area contributed by atoms with Gasteiger partial charge in [0.15, 0.2) is 0 Å². The van der Waals surface area contributed by atoms with Crippen LogP contribution in [0, 0.1) is 0 Å². The molecule has 0 aliphatic rings. The number of halogens is 2. The Balaban J connectivity index is 1.76. The molecular formula is C31H26Cl2O2. The van der Waals surface area contributed by atoms with Crippen LogP contribution in [0.4, 0.5) is 0 Å². The van der Waals surface area contributed by atoms with Crippen LogP contribution in [0.1, 0.15) is 28.7 Å². The van der Waals surface area contributed by atoms with Crippen LogP contribution in [-0.4, -0.2) is 14.2 Å². The zero-order valence-electron chi connectivity index (χ0n) is 19.7. The van der Waals surface area contributed by atoms with E-state index in [4.69, 9.17) is 32.7 Å². The number of rotatable bonds is 8. The third-order valence-corrected chi connectivity index (χ3v) is 6.26. The standard InChI is InChI=1S/C31H26Cl2O2/c1-34-29-16-3-22(4-17-29)21-26(23-9-18-30(35-2)19-10-23)11-20-31(24-5-12-27(32)13-6-24)25-7-14-28(33)15-8-25/h3-10,12-21H,11H2,1-2H3/b26-21+. The molecule has 0 heterocycles. The zero-order valence-corrected chi connectivity index (χ0v) is 21.2. The summed E-state index contributed by atoms with van der Waals surface area (Å²) in [5.74, 6) is 1.66. The maximum Gasteiger partial charge on any atom is 0.118 e. The minimum Gasteiger partial charge on any atom is -0.497 e. The smallest absolute Gasteiger partial charge is 0.118 e. The molecule has 4 aromatic rings. The van der Waals surface area contributed by atoms with Crippen molar-refractivity contribution in [1.82, 2.24) is 0 Å². The molecule has 0 aliphatic carbocycles. The quantitative estimate of drug-likeness (QED) is 0.224. The minimum absolute atomic E-state index is 0.711. The van der Waals surface area contributed by atoms with E-state index in [0.717, 1.165) is 45.7 Å². The van der Waals surface area contributed by atoms with Gasteiger partial charge in [0.1, 0.15) is 11.5 Å². The summed E-state index contributed by atoms with van der Waals surface area (Å²) in [4.78, 5) is 0. The average Bonchev–Trinajstić information content (AvgIpc) is 2.90. The molecule has 0 aliphatic heterocycles. The number of benzene rings is 4. The normalized spacial score (nSPS) is 11.1. The summed E-state index contributed by atoms with van der Waals surface area (Å²) in [5, 5.41) is 1.42. The molecule has 0 unspecified atom stereocenters. The van der Waals surface area contributed by atoms with Crippen molar-refractivity contribution in [3.05, 3.63) is 135 Å². The van der Waals surface area contributed by atoms with Gasteiger partial charge in [-0.25, -0.2) is 0 Å². The van der Waals surface area contributed by atoms with Crippen LogP contribution < -0.4 is 9.47 Å². The lowest BCUT2D eigenvalue weighted by molar-refractivity contribution is 0.414. The molecule has 4 aromatic carbocycles. The molecule has 0 spiro atoms. The highest BCUT2D eigenvalue weighted by molar-refractivity contribution is 6.31. The molecule has 4 rings (SSSR count). The number of hydrogen-bond acceptors (Lipinski definition) is 2. The fourth-order valence-electron chi connectivity index (χ4n) is 3.84. The Hall–Kier alpha value is -3.46. The van der Waals surface area contributed by atoms with E-state index in [1.807, 2.05) is 72.8 Å². The second kappa shape index (κ2) is 11.8. The first-order valence-electron chi connectivity index (χ1n) is 11.3. The van der Waals surface area contributed by atoms with E-state index >= 15 is 0 Å². The monoisotopic (exact) mass is 500 g/mol. The SMILES string of the molecule is COc1ccc(/C=C(\CC=C(c2ccc(Cl)cc2)c2ccc(Cl)cc2)c2ccc(OC)cc2)cc1. The molecule has 35 heavy (non-hydrogen) atoms. The highest BCUT2D eigenvalue weighted by Gasteiger charge is 2.08. The van der Waals surface area contributed by atoms with E-state index in [2.05, 4.69) is 36.4 Å². The van der Waals surface area contributed by atoms with Crippen LogP contribution in [0.2, 0.25) is 10.0 Å². The number of methoxy groups -OCH3 is 2. The summed E-state index contributed by atoms with van der Waals surface area (Å²) >= 11 is 12.3. The molecule has 176 valence electrons. The number of hydrogen-bond donors (Lipinski definition) is 0. The van der Waals surface area contributed by atoms with Gasteiger partial charge in [-0.3, -0.25) is 0 Å². The number of ether oxygens (including phenoxy) is 2. The van der Waals surface area contributed by atoms with Crippen molar-refractivity contribution in [3.8, 4) is 11.5 Å². The molecule has 4 heteroatoms. The van der Waals surface area contributed by atoms with E-state index in [0.29, 0.717) is 10.0 Å². The zero-order chi connectivity index (χ0) is 24.6. The van der Waals surface area contributed by atoms with E-state index in [1.165, 1.54) is 5.57 Å². The largest absolute Gasteiger partial charge is 0.497 e. The summed E-state index contributed by atoms with van der Waals surface area (Å²) in [7, 11) is 3.35. The van der Waals surface area contributed by atoms with E-state index in [-0.39, 0.29) is 0 Å². The molecule has 0 atom stereocenters. The van der Waals surface area contributed by atoms with Gasteiger partial charge in [0, 0.05) is 10.0 Å². The van der Waals surface area contributed by atoms with Crippen LogP contribution in [0.15, 0.2) is 103 Å². The van der Waals surface area contributed by atoms with E-state index in [9.17, 15) is 0 Å². The Bertz CT molecular complexity index is 1260. The molecule has 0 N–H and O–H groups in total. The summed E-state index contributed by atoms with van der Waals surface area (Å²) in [6, 6.07) is 32.1. The van der Waals surface area contributed by atoms with E-state index < -0.39 is 0 Å². The molecule has 0 saturated carbocycles. The third kappa shape index (κ3) is 6.57. The minimum atomic E-state index is 0.711. The van der Waals surface area contributed by atoms with Crippen LogP contribution in [0.5, 0.6) is 11.5 Å². The summed E-state index contributed by atoms with van der Waals surface area (Å²) in [6.45, 7) is 0. The van der Waals surface area contributed by atoms with Crippen LogP contribution in [0.25, 0.3) is 17.2 Å². The molecule has 0 fully saturated rings. The summed E-state index contributed by atoms with van der Waals surface area (Å²) in [5.41, 5.74) is 6.71. The molecule has 0 bridgehead atoms. The van der Waals surface area contributed by atoms with Gasteiger partial charge in [0.05, 0.1) is 14.2 Å². The first kappa shape index (κ1) is 24.7. The lowest BCUT2D eigenvalue weighted by Gasteiger charge is -2.12. The van der Waals surface area contributed by atoms with Gasteiger partial charge < -0.3 is 9.47 Å². The number of allylic oxidation sites excluding steroid dienone is 2. The van der Waals surface area contributed by atoms with Gasteiger partial charge in [-0.1, -0.05) is 83.9 Å². The van der Waals surface area contributed by atoms with Gasteiger partial charge in [0.2, 0.25) is 0 Å². The Labute approximate surface area is 217 Å². The lowest BCUT2D eigenvalue weighted by Crippen LogP contribution is -1.91. The van der Waals surface area contributed by atoms with Gasteiger partial charge in [0.25, 0.3) is 0 Å². The van der Waals surface area contributed by atoms with Gasteiger partial charge in [-0.05, 0) is 88.4 Å². The molecule has 2 nitrogen and oxygen atoms in total. The predicted octanol–water partition coefficient (Wildman–Crippen LogP) is 9.07. The molecule has 0 radical (unpaired) electrons. The second-order valence-corrected chi connectivity index (χ2v) is 8.88. The lowest BCUT2D eigenvalue weighted by atomic mass is 9.93. The predicted molar refractivity (Wildman–Crippen MR) is 148 cm³/mol. The Morgan fingerprint density at radius 3 is 1.49 bits per heavy atom. The third-order valence-electron chi connectivity index (χ3n) is 5.75. The molecule has 0 amide bonds. The van der Waals surface area contributed by atoms with Gasteiger partial charge >= 0.3 is 0 Å².